The highest BCUT2D eigenvalue weighted by Gasteiger charge is 2.42. The zero-order valence-electron chi connectivity index (χ0n) is 11.4. The van der Waals surface area contributed by atoms with Crippen LogP contribution >= 0.6 is 0 Å². The standard InChI is InChI=1S/C14H16N2O5/c17-12-7-10(1-2-11(12)16(19)20)13(18)15-5-3-14(8-15)4-6-21-9-14/h1-2,7,17H,3-6,8-9H2/t14-/m1/s1. The quantitative estimate of drug-likeness (QED) is 0.659. The molecule has 2 aliphatic heterocycles. The molecule has 0 aliphatic carbocycles. The van der Waals surface area contributed by atoms with Crippen LogP contribution in [-0.2, 0) is 4.74 Å². The number of benzene rings is 1. The van der Waals surface area contributed by atoms with Gasteiger partial charge in [0, 0.05) is 36.7 Å². The Bertz CT molecular complexity index is 595. The number of carbonyl (C=O) groups is 1. The lowest BCUT2D eigenvalue weighted by atomic mass is 9.87. The van der Waals surface area contributed by atoms with Crippen molar-refractivity contribution in [2.24, 2.45) is 5.41 Å². The van der Waals surface area contributed by atoms with Gasteiger partial charge in [0.25, 0.3) is 5.91 Å². The highest BCUT2D eigenvalue weighted by atomic mass is 16.6. The number of carbonyl (C=O) groups excluding carboxylic acids is 1. The molecule has 2 aliphatic rings. The number of hydrogen-bond donors (Lipinski definition) is 1. The van der Waals surface area contributed by atoms with Crippen LogP contribution in [0.1, 0.15) is 23.2 Å². The zero-order chi connectivity index (χ0) is 15.0. The first-order valence-electron chi connectivity index (χ1n) is 6.85. The van der Waals surface area contributed by atoms with E-state index in [1.54, 1.807) is 4.90 Å². The molecule has 2 heterocycles. The van der Waals surface area contributed by atoms with E-state index in [4.69, 9.17) is 4.74 Å². The molecule has 0 bridgehead atoms. The van der Waals surface area contributed by atoms with E-state index < -0.39 is 16.4 Å². The van der Waals surface area contributed by atoms with Crippen LogP contribution in [0.4, 0.5) is 5.69 Å². The molecule has 1 aromatic rings. The molecular formula is C14H16N2O5. The molecule has 1 atom stereocenters. The molecule has 3 rings (SSSR count). The van der Waals surface area contributed by atoms with Gasteiger partial charge in [0.1, 0.15) is 0 Å². The summed E-state index contributed by atoms with van der Waals surface area (Å²) >= 11 is 0. The average molecular weight is 292 g/mol. The molecule has 1 amide bonds. The lowest BCUT2D eigenvalue weighted by molar-refractivity contribution is -0.385. The van der Waals surface area contributed by atoms with Crippen molar-refractivity contribution < 1.29 is 19.6 Å². The second-order valence-corrected chi connectivity index (χ2v) is 5.74. The second-order valence-electron chi connectivity index (χ2n) is 5.74. The summed E-state index contributed by atoms with van der Waals surface area (Å²) in [5.41, 5.74) is -0.0546. The fourth-order valence-corrected chi connectivity index (χ4v) is 3.07. The fraction of sp³-hybridized carbons (Fsp3) is 0.500. The van der Waals surface area contributed by atoms with Crippen molar-refractivity contribution in [1.29, 1.82) is 0 Å². The van der Waals surface area contributed by atoms with E-state index in [-0.39, 0.29) is 16.9 Å². The number of hydrogen-bond acceptors (Lipinski definition) is 5. The summed E-state index contributed by atoms with van der Waals surface area (Å²) in [6.45, 7) is 2.71. The van der Waals surface area contributed by atoms with Crippen molar-refractivity contribution in [3.63, 3.8) is 0 Å². The van der Waals surface area contributed by atoms with E-state index in [0.29, 0.717) is 19.7 Å². The van der Waals surface area contributed by atoms with Crippen LogP contribution in [0.15, 0.2) is 18.2 Å². The van der Waals surface area contributed by atoms with Crippen molar-refractivity contribution in [2.45, 2.75) is 12.8 Å². The largest absolute Gasteiger partial charge is 0.502 e. The first-order chi connectivity index (χ1) is 10.0. The summed E-state index contributed by atoms with van der Waals surface area (Å²) in [5.74, 6) is -0.687. The number of likely N-dealkylation sites (tertiary alicyclic amines) is 1. The van der Waals surface area contributed by atoms with E-state index in [9.17, 15) is 20.0 Å². The maximum atomic E-state index is 12.4. The molecule has 1 N–H and O–H groups in total. The molecular weight excluding hydrogens is 276 g/mol. The van der Waals surface area contributed by atoms with Gasteiger partial charge in [-0.15, -0.1) is 0 Å². The first-order valence-corrected chi connectivity index (χ1v) is 6.85. The second kappa shape index (κ2) is 5.00. The third kappa shape index (κ3) is 2.44. The van der Waals surface area contributed by atoms with Gasteiger partial charge in [-0.25, -0.2) is 0 Å². The molecule has 0 radical (unpaired) electrons. The predicted octanol–water partition coefficient (Wildman–Crippen LogP) is 1.55. The van der Waals surface area contributed by atoms with Gasteiger partial charge in [-0.1, -0.05) is 0 Å². The predicted molar refractivity (Wildman–Crippen MR) is 73.2 cm³/mol. The molecule has 1 aromatic carbocycles. The highest BCUT2D eigenvalue weighted by Crippen LogP contribution is 2.39. The Labute approximate surface area is 121 Å². The highest BCUT2D eigenvalue weighted by molar-refractivity contribution is 5.95. The lowest BCUT2D eigenvalue weighted by Crippen LogP contribution is -2.32. The number of ether oxygens (including phenoxy) is 1. The van der Waals surface area contributed by atoms with E-state index in [1.807, 2.05) is 0 Å². The van der Waals surface area contributed by atoms with Crippen LogP contribution in [0.5, 0.6) is 5.75 Å². The molecule has 21 heavy (non-hydrogen) atoms. The Balaban J connectivity index is 1.77. The van der Waals surface area contributed by atoms with Crippen molar-refractivity contribution in [3.8, 4) is 5.75 Å². The summed E-state index contributed by atoms with van der Waals surface area (Å²) in [4.78, 5) is 24.1. The van der Waals surface area contributed by atoms with Crippen LogP contribution in [0.25, 0.3) is 0 Å². The first kappa shape index (κ1) is 13.8. The zero-order valence-corrected chi connectivity index (χ0v) is 11.4. The Hall–Kier alpha value is -2.15. The van der Waals surface area contributed by atoms with Crippen LogP contribution in [0, 0.1) is 15.5 Å². The van der Waals surface area contributed by atoms with Crippen molar-refractivity contribution in [2.75, 3.05) is 26.3 Å². The van der Waals surface area contributed by atoms with Gasteiger partial charge in [0.2, 0.25) is 0 Å². The number of phenolic OH excluding ortho intramolecular Hbond substituents is 1. The SMILES string of the molecule is O=C(c1ccc([N+](=O)[O-])c(O)c1)N1CC[C@@]2(CCOC2)C1. The third-order valence-corrected chi connectivity index (χ3v) is 4.33. The van der Waals surface area contributed by atoms with Crippen molar-refractivity contribution >= 4 is 11.6 Å². The molecule has 112 valence electrons. The minimum atomic E-state index is -0.676. The van der Waals surface area contributed by atoms with E-state index >= 15 is 0 Å². The number of nitro benzene ring substituents is 1. The maximum absolute atomic E-state index is 12.4. The smallest absolute Gasteiger partial charge is 0.310 e. The Morgan fingerprint density at radius 1 is 1.43 bits per heavy atom. The molecule has 0 aromatic heterocycles. The van der Waals surface area contributed by atoms with Crippen LogP contribution < -0.4 is 0 Å². The maximum Gasteiger partial charge on any atom is 0.310 e. The van der Waals surface area contributed by atoms with Gasteiger partial charge >= 0.3 is 5.69 Å². The molecule has 7 heteroatoms. The molecule has 0 saturated carbocycles. The number of rotatable bonds is 2. The number of phenols is 1. The Kier molecular flexibility index (Phi) is 3.29. The minimum absolute atomic E-state index is 0.0679. The lowest BCUT2D eigenvalue weighted by Gasteiger charge is -2.22. The fourth-order valence-electron chi connectivity index (χ4n) is 3.07. The van der Waals surface area contributed by atoms with Crippen LogP contribution in [0.3, 0.4) is 0 Å². The van der Waals surface area contributed by atoms with Crippen LogP contribution in [-0.4, -0.2) is 47.1 Å². The molecule has 7 nitrogen and oxygen atoms in total. The number of aromatic hydroxyl groups is 1. The minimum Gasteiger partial charge on any atom is -0.502 e. The monoisotopic (exact) mass is 292 g/mol. The Morgan fingerprint density at radius 3 is 2.86 bits per heavy atom. The average Bonchev–Trinajstić information content (AvgIpc) is 3.08. The van der Waals surface area contributed by atoms with Crippen molar-refractivity contribution in [1.82, 2.24) is 4.90 Å². The summed E-state index contributed by atoms with van der Waals surface area (Å²) in [6.07, 6.45) is 1.87. The van der Waals surface area contributed by atoms with E-state index in [1.165, 1.54) is 6.07 Å². The van der Waals surface area contributed by atoms with Gasteiger partial charge < -0.3 is 14.7 Å². The van der Waals surface area contributed by atoms with Crippen molar-refractivity contribution in [3.05, 3.63) is 33.9 Å². The van der Waals surface area contributed by atoms with Gasteiger partial charge in [0.15, 0.2) is 5.75 Å². The van der Waals surface area contributed by atoms with E-state index in [2.05, 4.69) is 0 Å². The molecule has 0 unspecified atom stereocenters. The topological polar surface area (TPSA) is 92.9 Å². The summed E-state index contributed by atoms with van der Waals surface area (Å²) < 4.78 is 5.42. The number of nitrogens with zero attached hydrogens (tertiary/aromatic N) is 2. The number of amides is 1. The van der Waals surface area contributed by atoms with Gasteiger partial charge in [-0.2, -0.15) is 0 Å². The normalized spacial score (nSPS) is 24.7. The molecule has 2 fully saturated rings. The van der Waals surface area contributed by atoms with Gasteiger partial charge in [-0.3, -0.25) is 14.9 Å². The number of nitro groups is 1. The van der Waals surface area contributed by atoms with Crippen LogP contribution in [0.2, 0.25) is 0 Å². The summed E-state index contributed by atoms with van der Waals surface area (Å²) in [5, 5.41) is 20.3. The van der Waals surface area contributed by atoms with Gasteiger partial charge in [-0.05, 0) is 25.0 Å². The van der Waals surface area contributed by atoms with E-state index in [0.717, 1.165) is 31.6 Å². The molecule has 2 saturated heterocycles. The summed E-state index contributed by atoms with van der Waals surface area (Å²) in [7, 11) is 0. The molecule has 1 spiro atoms. The third-order valence-electron chi connectivity index (χ3n) is 4.33. The van der Waals surface area contributed by atoms with Gasteiger partial charge in [0.05, 0.1) is 11.5 Å². The summed E-state index contributed by atoms with van der Waals surface area (Å²) in [6, 6.07) is 3.71. The Morgan fingerprint density at radius 2 is 2.24 bits per heavy atom.